The van der Waals surface area contributed by atoms with Crippen LogP contribution in [0.2, 0.25) is 0 Å². The molecule has 0 bridgehead atoms. The molecule has 0 aromatic rings. The van der Waals surface area contributed by atoms with Gasteiger partial charge in [-0.05, 0) is 5.92 Å². The third-order valence-electron chi connectivity index (χ3n) is 0.401. The highest BCUT2D eigenvalue weighted by Gasteiger charge is 1.88. The molecule has 7 heavy (non-hydrogen) atoms. The van der Waals surface area contributed by atoms with E-state index in [-0.39, 0.29) is 6.42 Å². The Morgan fingerprint density at radius 1 is 1.86 bits per heavy atom. The molecule has 0 aliphatic heterocycles. The molecule has 0 atom stereocenters. The largest absolute Gasteiger partial charge is 0.284 e. The van der Waals surface area contributed by atoms with Gasteiger partial charge in [0.15, 0.2) is 0 Å². The van der Waals surface area contributed by atoms with Gasteiger partial charge < -0.3 is 0 Å². The summed E-state index contributed by atoms with van der Waals surface area (Å²) >= 11 is 0. The van der Waals surface area contributed by atoms with Crippen molar-refractivity contribution in [3.8, 4) is 18.4 Å². The Balaban J connectivity index is 3.50. The normalized spacial score (nSPS) is 6.00. The number of carbonyl (C=O) groups excluding carboxylic acids is 1. The van der Waals surface area contributed by atoms with Crippen molar-refractivity contribution in [1.82, 2.24) is 0 Å². The quantitative estimate of drug-likeness (QED) is 0.341. The predicted molar refractivity (Wildman–Crippen MR) is 24.1 cm³/mol. The third kappa shape index (κ3) is 2.52. The van der Waals surface area contributed by atoms with E-state index >= 15 is 0 Å². The summed E-state index contributed by atoms with van der Waals surface area (Å²) in [6, 6.07) is 1.63. The molecule has 0 N–H and O–H groups in total. The maximum atomic E-state index is 9.95. The van der Waals surface area contributed by atoms with Crippen LogP contribution in [0, 0.1) is 23.7 Å². The lowest BCUT2D eigenvalue weighted by molar-refractivity contribution is -0.112. The van der Waals surface area contributed by atoms with E-state index in [0.717, 1.165) is 0 Å². The van der Waals surface area contributed by atoms with E-state index in [4.69, 9.17) is 5.26 Å². The van der Waals surface area contributed by atoms with E-state index < -0.39 is 5.78 Å². The van der Waals surface area contributed by atoms with Crippen molar-refractivity contribution in [3.05, 3.63) is 0 Å². The zero-order chi connectivity index (χ0) is 5.70. The lowest BCUT2D eigenvalue weighted by Crippen LogP contribution is -1.87. The summed E-state index contributed by atoms with van der Waals surface area (Å²) in [4.78, 5) is 9.95. The average molecular weight is 93.1 g/mol. The summed E-state index contributed by atoms with van der Waals surface area (Å²) in [6.45, 7) is 0. The fourth-order valence-electron chi connectivity index (χ4n) is 0.123. The highest BCUT2D eigenvalue weighted by Crippen LogP contribution is 1.73. The van der Waals surface area contributed by atoms with E-state index in [1.165, 1.54) is 0 Å². The molecular formula is C5H3NO. The minimum Gasteiger partial charge on any atom is -0.284 e. The van der Waals surface area contributed by atoms with Gasteiger partial charge in [-0.25, -0.2) is 0 Å². The van der Waals surface area contributed by atoms with Crippen LogP contribution in [0.25, 0.3) is 0 Å². The fraction of sp³-hybridized carbons (Fsp3) is 0.200. The van der Waals surface area contributed by atoms with Gasteiger partial charge in [-0.2, -0.15) is 5.26 Å². The topological polar surface area (TPSA) is 40.9 Å². The Bertz CT molecular complexity index is 146. The van der Waals surface area contributed by atoms with Crippen LogP contribution in [0.5, 0.6) is 0 Å². The molecule has 2 heteroatoms. The number of nitrogens with zero attached hydrogens (tertiary/aromatic N) is 1. The number of Topliss-reactive ketones (excluding diaryl/α,β-unsaturated/α-hetero) is 1. The smallest absolute Gasteiger partial charge is 0.219 e. The van der Waals surface area contributed by atoms with Crippen molar-refractivity contribution >= 4 is 5.78 Å². The van der Waals surface area contributed by atoms with Crippen molar-refractivity contribution in [1.29, 1.82) is 5.26 Å². The molecule has 0 aliphatic rings. The molecule has 0 saturated carbocycles. The van der Waals surface area contributed by atoms with Gasteiger partial charge in [0.1, 0.15) is 6.42 Å². The molecule has 2 nitrogen and oxygen atoms in total. The summed E-state index contributed by atoms with van der Waals surface area (Å²) in [5.41, 5.74) is 0. The highest BCUT2D eigenvalue weighted by atomic mass is 16.1. The Hall–Kier alpha value is -1.28. The van der Waals surface area contributed by atoms with Crippen molar-refractivity contribution < 1.29 is 4.79 Å². The van der Waals surface area contributed by atoms with Gasteiger partial charge in [0.05, 0.1) is 6.07 Å². The maximum absolute atomic E-state index is 9.95. The standard InChI is InChI=1S/C5H3NO/c1-2-5(7)3-4-6/h1H,3H2. The first kappa shape index (κ1) is 5.72. The van der Waals surface area contributed by atoms with Crippen LogP contribution >= 0.6 is 0 Å². The zero-order valence-corrected chi connectivity index (χ0v) is 3.64. The summed E-state index contributed by atoms with van der Waals surface area (Å²) in [6.07, 6.45) is 4.44. The second kappa shape index (κ2) is 2.93. The Labute approximate surface area is 41.8 Å². The van der Waals surface area contributed by atoms with Crippen LogP contribution in [0.3, 0.4) is 0 Å². The lowest BCUT2D eigenvalue weighted by atomic mass is 10.3. The molecule has 0 spiro atoms. The molecule has 0 heterocycles. The molecule has 0 aliphatic carbocycles. The second-order valence-electron chi connectivity index (χ2n) is 0.902. The minimum absolute atomic E-state index is 0.170. The third-order valence-corrected chi connectivity index (χ3v) is 0.401. The monoisotopic (exact) mass is 93.0 g/mol. The van der Waals surface area contributed by atoms with Crippen molar-refractivity contribution in [2.75, 3.05) is 0 Å². The van der Waals surface area contributed by atoms with Gasteiger partial charge in [-0.1, -0.05) is 0 Å². The predicted octanol–water partition coefficient (Wildman–Crippen LogP) is 0.102. The van der Waals surface area contributed by atoms with Crippen LogP contribution in [0.15, 0.2) is 0 Å². The van der Waals surface area contributed by atoms with Crippen LogP contribution in [-0.2, 0) is 4.79 Å². The molecule has 0 aromatic carbocycles. The molecule has 0 unspecified atom stereocenters. The van der Waals surface area contributed by atoms with Crippen molar-refractivity contribution in [2.45, 2.75) is 6.42 Å². The van der Waals surface area contributed by atoms with Crippen molar-refractivity contribution in [2.24, 2.45) is 0 Å². The number of hydrogen-bond acceptors (Lipinski definition) is 2. The second-order valence-corrected chi connectivity index (χ2v) is 0.902. The molecule has 0 rings (SSSR count). The molecule has 0 radical (unpaired) electrons. The van der Waals surface area contributed by atoms with Crippen LogP contribution < -0.4 is 0 Å². The number of hydrogen-bond donors (Lipinski definition) is 0. The summed E-state index contributed by atoms with van der Waals surface area (Å²) < 4.78 is 0. The number of terminal acetylenes is 1. The highest BCUT2D eigenvalue weighted by molar-refractivity contribution is 5.96. The van der Waals surface area contributed by atoms with E-state index in [9.17, 15) is 4.79 Å². The summed E-state index contributed by atoms with van der Waals surface area (Å²) in [5.74, 6) is 1.35. The van der Waals surface area contributed by atoms with E-state index in [1.807, 2.05) is 0 Å². The molecule has 0 amide bonds. The van der Waals surface area contributed by atoms with Gasteiger partial charge in [0, 0.05) is 0 Å². The average Bonchev–Trinajstić information content (AvgIpc) is 1.68. The first-order valence-corrected chi connectivity index (χ1v) is 1.67. The lowest BCUT2D eigenvalue weighted by Gasteiger charge is -1.69. The number of nitriles is 1. The van der Waals surface area contributed by atoms with E-state index in [1.54, 1.807) is 12.0 Å². The molecule has 0 aromatic heterocycles. The number of rotatable bonds is 1. The molecule has 0 saturated heterocycles. The summed E-state index contributed by atoms with van der Waals surface area (Å²) in [5, 5.41) is 7.80. The zero-order valence-electron chi connectivity index (χ0n) is 3.64. The van der Waals surface area contributed by atoms with E-state index in [2.05, 4.69) is 6.42 Å². The van der Waals surface area contributed by atoms with Gasteiger partial charge in [0.25, 0.3) is 0 Å². The maximum Gasteiger partial charge on any atom is 0.219 e. The summed E-state index contributed by atoms with van der Waals surface area (Å²) in [7, 11) is 0. The Kier molecular flexibility index (Phi) is 2.40. The van der Waals surface area contributed by atoms with E-state index in [0.29, 0.717) is 0 Å². The van der Waals surface area contributed by atoms with Crippen LogP contribution in [0.1, 0.15) is 6.42 Å². The Morgan fingerprint density at radius 2 is 2.43 bits per heavy atom. The van der Waals surface area contributed by atoms with Gasteiger partial charge >= 0.3 is 0 Å². The Morgan fingerprint density at radius 3 is 2.57 bits per heavy atom. The van der Waals surface area contributed by atoms with Crippen LogP contribution in [0.4, 0.5) is 0 Å². The first-order chi connectivity index (χ1) is 3.31. The molecular weight excluding hydrogens is 90.1 g/mol. The minimum atomic E-state index is -0.456. The number of carbonyl (C=O) groups is 1. The number of ketones is 1. The van der Waals surface area contributed by atoms with Crippen molar-refractivity contribution in [3.63, 3.8) is 0 Å². The van der Waals surface area contributed by atoms with Gasteiger partial charge in [0.2, 0.25) is 5.78 Å². The molecule has 34 valence electrons. The first-order valence-electron chi connectivity index (χ1n) is 1.67. The SMILES string of the molecule is C#CC(=O)CC#N. The molecule has 0 fully saturated rings. The van der Waals surface area contributed by atoms with Gasteiger partial charge in [-0.3, -0.25) is 4.79 Å². The van der Waals surface area contributed by atoms with Crippen LogP contribution in [-0.4, -0.2) is 5.78 Å². The van der Waals surface area contributed by atoms with Gasteiger partial charge in [-0.15, -0.1) is 6.42 Å². The fourth-order valence-corrected chi connectivity index (χ4v) is 0.123.